The van der Waals surface area contributed by atoms with Crippen LogP contribution in [0.25, 0.3) is 0 Å². The molecule has 4 heteroatoms. The van der Waals surface area contributed by atoms with E-state index in [0.29, 0.717) is 0 Å². The van der Waals surface area contributed by atoms with E-state index >= 15 is 0 Å². The summed E-state index contributed by atoms with van der Waals surface area (Å²) in [6, 6.07) is 31.3. The summed E-state index contributed by atoms with van der Waals surface area (Å²) in [5.74, 6) is 0.740. The molecule has 0 aliphatic heterocycles. The van der Waals surface area contributed by atoms with E-state index in [1.54, 1.807) is 24.3 Å². The number of benzene rings is 5. The third-order valence-electron chi connectivity index (χ3n) is 7.79. The van der Waals surface area contributed by atoms with Crippen molar-refractivity contribution in [3.8, 4) is 23.0 Å². The second kappa shape index (κ2) is 10.8. The first-order valence-corrected chi connectivity index (χ1v) is 13.4. The summed E-state index contributed by atoms with van der Waals surface area (Å²) < 4.78 is 0. The molecule has 0 aliphatic carbocycles. The molecule has 40 heavy (non-hydrogen) atoms. The lowest BCUT2D eigenvalue weighted by Gasteiger charge is -2.24. The molecule has 0 unspecified atom stereocenters. The second-order valence-electron chi connectivity index (χ2n) is 10.7. The van der Waals surface area contributed by atoms with E-state index in [4.69, 9.17) is 0 Å². The average molecular weight is 531 g/mol. The molecule has 5 aromatic rings. The Morgan fingerprint density at radius 3 is 0.850 bits per heavy atom. The average Bonchev–Trinajstić information content (AvgIpc) is 2.93. The molecule has 0 bridgehead atoms. The summed E-state index contributed by atoms with van der Waals surface area (Å²) >= 11 is 0. The normalized spacial score (nSPS) is 11.3. The van der Waals surface area contributed by atoms with Crippen LogP contribution in [-0.2, 0) is 0 Å². The molecular weight excluding hydrogens is 496 g/mol. The summed E-state index contributed by atoms with van der Waals surface area (Å²) in [5.41, 5.74) is 9.48. The molecule has 0 heterocycles. The van der Waals surface area contributed by atoms with Crippen molar-refractivity contribution < 1.29 is 20.4 Å². The minimum atomic E-state index is -0.137. The van der Waals surface area contributed by atoms with Gasteiger partial charge in [-0.2, -0.15) is 0 Å². The molecule has 4 N–H and O–H groups in total. The lowest BCUT2D eigenvalue weighted by Crippen LogP contribution is -2.08. The van der Waals surface area contributed by atoms with Gasteiger partial charge in [-0.15, -0.1) is 0 Å². The van der Waals surface area contributed by atoms with Crippen LogP contribution in [0, 0.1) is 27.7 Å². The van der Waals surface area contributed by atoms with Crippen molar-refractivity contribution in [1.29, 1.82) is 0 Å². The van der Waals surface area contributed by atoms with Crippen LogP contribution in [0.2, 0.25) is 0 Å². The van der Waals surface area contributed by atoms with Crippen molar-refractivity contribution >= 4 is 0 Å². The van der Waals surface area contributed by atoms with Gasteiger partial charge in [0.25, 0.3) is 0 Å². The molecular formula is C36H34O4. The Hall–Kier alpha value is -4.70. The molecule has 202 valence electrons. The van der Waals surface area contributed by atoms with Crippen LogP contribution in [0.15, 0.2) is 97.1 Å². The molecule has 0 amide bonds. The van der Waals surface area contributed by atoms with E-state index in [2.05, 4.69) is 24.3 Å². The highest BCUT2D eigenvalue weighted by atomic mass is 16.3. The van der Waals surface area contributed by atoms with Crippen LogP contribution in [0.4, 0.5) is 0 Å². The van der Waals surface area contributed by atoms with Crippen molar-refractivity contribution in [3.63, 3.8) is 0 Å². The van der Waals surface area contributed by atoms with Gasteiger partial charge >= 0.3 is 0 Å². The minimum absolute atomic E-state index is 0.137. The first-order chi connectivity index (χ1) is 19.1. The van der Waals surface area contributed by atoms with Crippen molar-refractivity contribution in [1.82, 2.24) is 0 Å². The fourth-order valence-corrected chi connectivity index (χ4v) is 5.51. The molecule has 0 fully saturated rings. The number of aryl methyl sites for hydroxylation is 4. The van der Waals surface area contributed by atoms with Crippen LogP contribution < -0.4 is 0 Å². The molecule has 0 atom stereocenters. The van der Waals surface area contributed by atoms with Gasteiger partial charge in [0.1, 0.15) is 23.0 Å². The number of rotatable bonds is 6. The number of hydrogen-bond acceptors (Lipinski definition) is 4. The van der Waals surface area contributed by atoms with E-state index in [1.165, 1.54) is 0 Å². The zero-order valence-electron chi connectivity index (χ0n) is 23.2. The molecule has 0 spiro atoms. The van der Waals surface area contributed by atoms with Crippen LogP contribution >= 0.6 is 0 Å². The van der Waals surface area contributed by atoms with Gasteiger partial charge in [-0.25, -0.2) is 0 Å². The van der Waals surface area contributed by atoms with E-state index in [1.807, 2.05) is 76.2 Å². The van der Waals surface area contributed by atoms with Gasteiger partial charge < -0.3 is 20.4 Å². The predicted molar refractivity (Wildman–Crippen MR) is 160 cm³/mol. The molecule has 5 aromatic carbocycles. The van der Waals surface area contributed by atoms with Gasteiger partial charge in [0.05, 0.1) is 0 Å². The summed E-state index contributed by atoms with van der Waals surface area (Å²) in [6.07, 6.45) is 0. The van der Waals surface area contributed by atoms with Gasteiger partial charge in [-0.3, -0.25) is 0 Å². The number of phenols is 4. The maximum Gasteiger partial charge on any atom is 0.118 e. The topological polar surface area (TPSA) is 80.9 Å². The Labute approximate surface area is 235 Å². The van der Waals surface area contributed by atoms with Crippen molar-refractivity contribution in [2.24, 2.45) is 0 Å². The zero-order valence-corrected chi connectivity index (χ0v) is 23.2. The van der Waals surface area contributed by atoms with Gasteiger partial charge in [0.15, 0.2) is 0 Å². The van der Waals surface area contributed by atoms with Crippen LogP contribution in [0.3, 0.4) is 0 Å². The van der Waals surface area contributed by atoms with Crippen molar-refractivity contribution in [2.45, 2.75) is 39.5 Å². The summed E-state index contributed by atoms with van der Waals surface area (Å²) in [4.78, 5) is 0. The predicted octanol–water partition coefficient (Wildman–Crippen LogP) is 8.10. The standard InChI is InChI=1S/C36H34O4/c1-21-16-27(8-12-31(21)37)35(28-9-13-32(38)22(2)17-28)25-6-5-7-26(20-25)36(29-10-14-33(39)23(3)18-29)30-11-15-34(40)24(4)19-30/h5-20,35-40H,1-4H3. The number of aromatic hydroxyl groups is 4. The Morgan fingerprint density at radius 1 is 0.350 bits per heavy atom. The minimum Gasteiger partial charge on any atom is -0.508 e. The van der Waals surface area contributed by atoms with Crippen LogP contribution in [0.1, 0.15) is 67.5 Å². The van der Waals surface area contributed by atoms with E-state index in [0.717, 1.165) is 55.6 Å². The van der Waals surface area contributed by atoms with E-state index in [9.17, 15) is 20.4 Å². The third-order valence-corrected chi connectivity index (χ3v) is 7.79. The van der Waals surface area contributed by atoms with Crippen molar-refractivity contribution in [2.75, 3.05) is 0 Å². The first kappa shape index (κ1) is 26.9. The van der Waals surface area contributed by atoms with Gasteiger partial charge in [-0.05, 0) is 108 Å². The largest absolute Gasteiger partial charge is 0.508 e. The molecule has 0 aromatic heterocycles. The molecule has 5 rings (SSSR count). The molecule has 0 saturated heterocycles. The van der Waals surface area contributed by atoms with E-state index in [-0.39, 0.29) is 34.8 Å². The number of hydrogen-bond donors (Lipinski definition) is 4. The van der Waals surface area contributed by atoms with Crippen LogP contribution in [0.5, 0.6) is 23.0 Å². The first-order valence-electron chi connectivity index (χ1n) is 13.4. The van der Waals surface area contributed by atoms with Gasteiger partial charge in [0.2, 0.25) is 0 Å². The summed E-state index contributed by atoms with van der Waals surface area (Å²) in [7, 11) is 0. The highest BCUT2D eigenvalue weighted by Gasteiger charge is 2.23. The lowest BCUT2D eigenvalue weighted by atomic mass is 9.79. The van der Waals surface area contributed by atoms with Gasteiger partial charge in [0, 0.05) is 11.8 Å². The monoisotopic (exact) mass is 530 g/mol. The maximum absolute atomic E-state index is 10.2. The molecule has 0 aliphatic rings. The molecule has 0 radical (unpaired) electrons. The highest BCUT2D eigenvalue weighted by molar-refractivity contribution is 5.53. The van der Waals surface area contributed by atoms with Crippen molar-refractivity contribution in [3.05, 3.63) is 153 Å². The summed E-state index contributed by atoms with van der Waals surface area (Å²) in [5, 5.41) is 40.9. The SMILES string of the molecule is Cc1cc(C(c2cccc(C(c3ccc(O)c(C)c3)c3ccc(O)c(C)c3)c2)c2ccc(O)c(C)c2)ccc1O. The van der Waals surface area contributed by atoms with E-state index < -0.39 is 0 Å². The third kappa shape index (κ3) is 5.26. The highest BCUT2D eigenvalue weighted by Crippen LogP contribution is 2.40. The zero-order chi connectivity index (χ0) is 28.6. The molecule has 0 saturated carbocycles. The Kier molecular flexibility index (Phi) is 7.27. The quantitative estimate of drug-likeness (QED) is 0.167. The fourth-order valence-electron chi connectivity index (χ4n) is 5.51. The summed E-state index contributed by atoms with van der Waals surface area (Å²) in [6.45, 7) is 7.57. The van der Waals surface area contributed by atoms with Crippen LogP contribution in [-0.4, -0.2) is 20.4 Å². The lowest BCUT2D eigenvalue weighted by molar-refractivity contribution is 0.470. The Balaban J connectivity index is 1.71. The number of phenolic OH excluding ortho intramolecular Hbond substituents is 4. The fraction of sp³-hybridized carbons (Fsp3) is 0.167. The second-order valence-corrected chi connectivity index (χ2v) is 10.7. The smallest absolute Gasteiger partial charge is 0.118 e. The Bertz CT molecular complexity index is 1480. The maximum atomic E-state index is 10.2. The molecule has 4 nitrogen and oxygen atoms in total. The Morgan fingerprint density at radius 2 is 0.600 bits per heavy atom. The van der Waals surface area contributed by atoms with Gasteiger partial charge in [-0.1, -0.05) is 72.8 Å².